The van der Waals surface area contributed by atoms with Crippen LogP contribution < -0.4 is 5.32 Å². The standard InChI is InChI=1S/C20H18N2O5/c23-17(12-22-18(24)13-6-1-2-7-14(13)19(22)25)21-16-9-4-3-8-15(16)20-26-10-5-11-27-20/h1-4,6-9,20H,5,10-12H2,(H,21,23). The van der Waals surface area contributed by atoms with Gasteiger partial charge in [-0.3, -0.25) is 19.3 Å². The summed E-state index contributed by atoms with van der Waals surface area (Å²) in [6.07, 6.45) is 0.277. The van der Waals surface area contributed by atoms with Gasteiger partial charge in [-0.1, -0.05) is 30.3 Å². The number of benzene rings is 2. The van der Waals surface area contributed by atoms with Gasteiger partial charge in [0.25, 0.3) is 11.8 Å². The van der Waals surface area contributed by atoms with Crippen molar-refractivity contribution in [2.24, 2.45) is 0 Å². The molecule has 1 fully saturated rings. The molecule has 1 N–H and O–H groups in total. The lowest BCUT2D eigenvalue weighted by Crippen LogP contribution is -2.37. The molecule has 7 nitrogen and oxygen atoms in total. The third-order valence-corrected chi connectivity index (χ3v) is 4.50. The first-order valence-corrected chi connectivity index (χ1v) is 8.72. The summed E-state index contributed by atoms with van der Waals surface area (Å²) < 4.78 is 11.2. The minimum absolute atomic E-state index is 0.319. The van der Waals surface area contributed by atoms with Crippen LogP contribution in [0.2, 0.25) is 0 Å². The van der Waals surface area contributed by atoms with Gasteiger partial charge in [0.15, 0.2) is 6.29 Å². The number of ether oxygens (including phenoxy) is 2. The van der Waals surface area contributed by atoms with Gasteiger partial charge in [0.2, 0.25) is 5.91 Å². The number of carbonyl (C=O) groups is 3. The third-order valence-electron chi connectivity index (χ3n) is 4.50. The lowest BCUT2D eigenvalue weighted by atomic mass is 10.1. The molecule has 1 saturated heterocycles. The van der Waals surface area contributed by atoms with E-state index in [4.69, 9.17) is 9.47 Å². The van der Waals surface area contributed by atoms with Gasteiger partial charge >= 0.3 is 0 Å². The van der Waals surface area contributed by atoms with E-state index >= 15 is 0 Å². The number of anilines is 1. The highest BCUT2D eigenvalue weighted by atomic mass is 16.7. The first kappa shape index (κ1) is 17.4. The summed E-state index contributed by atoms with van der Waals surface area (Å²) in [5.74, 6) is -1.39. The molecule has 2 aromatic rings. The van der Waals surface area contributed by atoms with Crippen LogP contribution in [0.5, 0.6) is 0 Å². The van der Waals surface area contributed by atoms with Gasteiger partial charge < -0.3 is 14.8 Å². The van der Waals surface area contributed by atoms with Crippen LogP contribution >= 0.6 is 0 Å². The van der Waals surface area contributed by atoms with Crippen molar-refractivity contribution in [1.29, 1.82) is 0 Å². The zero-order valence-corrected chi connectivity index (χ0v) is 14.5. The number of rotatable bonds is 4. The van der Waals surface area contributed by atoms with Gasteiger partial charge in [-0.15, -0.1) is 0 Å². The monoisotopic (exact) mass is 366 g/mol. The summed E-state index contributed by atoms with van der Waals surface area (Å²) in [4.78, 5) is 38.3. The lowest BCUT2D eigenvalue weighted by Gasteiger charge is -2.25. The zero-order valence-electron chi connectivity index (χ0n) is 14.5. The van der Waals surface area contributed by atoms with Crippen LogP contribution in [0.25, 0.3) is 0 Å². The Kier molecular flexibility index (Phi) is 4.70. The lowest BCUT2D eigenvalue weighted by molar-refractivity contribution is -0.182. The predicted molar refractivity (Wildman–Crippen MR) is 96.1 cm³/mol. The molecule has 138 valence electrons. The molecule has 0 saturated carbocycles. The topological polar surface area (TPSA) is 84.9 Å². The van der Waals surface area contributed by atoms with E-state index in [1.54, 1.807) is 36.4 Å². The van der Waals surface area contributed by atoms with Gasteiger partial charge in [0, 0.05) is 11.3 Å². The third kappa shape index (κ3) is 3.34. The molecule has 2 aliphatic rings. The van der Waals surface area contributed by atoms with Crippen LogP contribution in [0, 0.1) is 0 Å². The second kappa shape index (κ2) is 7.30. The molecule has 4 rings (SSSR count). The van der Waals surface area contributed by atoms with Crippen molar-refractivity contribution in [2.45, 2.75) is 12.7 Å². The number of hydrogen-bond acceptors (Lipinski definition) is 5. The fraction of sp³-hybridized carbons (Fsp3) is 0.250. The van der Waals surface area contributed by atoms with Crippen LogP contribution in [-0.4, -0.2) is 42.4 Å². The quantitative estimate of drug-likeness (QED) is 0.840. The predicted octanol–water partition coefficient (Wildman–Crippen LogP) is 2.36. The van der Waals surface area contributed by atoms with E-state index < -0.39 is 24.0 Å². The largest absolute Gasteiger partial charge is 0.348 e. The number of nitrogens with one attached hydrogen (secondary N) is 1. The molecule has 0 radical (unpaired) electrons. The maximum absolute atomic E-state index is 12.5. The van der Waals surface area contributed by atoms with Gasteiger partial charge in [0.1, 0.15) is 6.54 Å². The van der Waals surface area contributed by atoms with Gasteiger partial charge in [-0.05, 0) is 24.6 Å². The highest BCUT2D eigenvalue weighted by molar-refractivity contribution is 6.22. The van der Waals surface area contributed by atoms with Crippen LogP contribution in [0.3, 0.4) is 0 Å². The Hall–Kier alpha value is -3.03. The second-order valence-electron chi connectivity index (χ2n) is 6.30. The number of para-hydroxylation sites is 1. The summed E-state index contributed by atoms with van der Waals surface area (Å²) in [7, 11) is 0. The summed E-state index contributed by atoms with van der Waals surface area (Å²) >= 11 is 0. The van der Waals surface area contributed by atoms with Crippen molar-refractivity contribution in [3.05, 3.63) is 65.2 Å². The molecule has 0 bridgehead atoms. The van der Waals surface area contributed by atoms with Crippen LogP contribution in [0.15, 0.2) is 48.5 Å². The van der Waals surface area contributed by atoms with Gasteiger partial charge in [-0.25, -0.2) is 0 Å². The Balaban J connectivity index is 1.48. The van der Waals surface area contributed by atoms with Crippen molar-refractivity contribution in [1.82, 2.24) is 4.90 Å². The molecule has 0 unspecified atom stereocenters. The van der Waals surface area contributed by atoms with Crippen molar-refractivity contribution >= 4 is 23.4 Å². The highest BCUT2D eigenvalue weighted by Crippen LogP contribution is 2.29. The van der Waals surface area contributed by atoms with Crippen molar-refractivity contribution < 1.29 is 23.9 Å². The van der Waals surface area contributed by atoms with E-state index in [9.17, 15) is 14.4 Å². The summed E-state index contributed by atoms with van der Waals surface area (Å²) in [6, 6.07) is 13.7. The Bertz CT molecular complexity index is 870. The van der Waals surface area contributed by atoms with E-state index in [1.165, 1.54) is 0 Å². The molecule has 7 heteroatoms. The number of imide groups is 1. The van der Waals surface area contributed by atoms with E-state index in [-0.39, 0.29) is 6.54 Å². The van der Waals surface area contributed by atoms with E-state index in [1.807, 2.05) is 12.1 Å². The number of amides is 3. The van der Waals surface area contributed by atoms with Crippen molar-refractivity contribution in [3.63, 3.8) is 0 Å². The molecular weight excluding hydrogens is 348 g/mol. The number of nitrogens with zero attached hydrogens (tertiary/aromatic N) is 1. The molecule has 27 heavy (non-hydrogen) atoms. The highest BCUT2D eigenvalue weighted by Gasteiger charge is 2.36. The van der Waals surface area contributed by atoms with Gasteiger partial charge in [0.05, 0.1) is 24.3 Å². The van der Waals surface area contributed by atoms with Gasteiger partial charge in [-0.2, -0.15) is 0 Å². The van der Waals surface area contributed by atoms with Crippen LogP contribution in [-0.2, 0) is 14.3 Å². The Morgan fingerprint density at radius 3 is 2.22 bits per heavy atom. The van der Waals surface area contributed by atoms with Crippen LogP contribution in [0.4, 0.5) is 5.69 Å². The number of fused-ring (bicyclic) bond motifs is 1. The maximum Gasteiger partial charge on any atom is 0.262 e. The molecule has 0 aliphatic carbocycles. The molecule has 2 heterocycles. The van der Waals surface area contributed by atoms with Crippen molar-refractivity contribution in [2.75, 3.05) is 25.1 Å². The summed E-state index contributed by atoms with van der Waals surface area (Å²) in [5, 5.41) is 2.76. The maximum atomic E-state index is 12.5. The molecule has 2 aromatic carbocycles. The smallest absolute Gasteiger partial charge is 0.262 e. The molecule has 0 aromatic heterocycles. The summed E-state index contributed by atoms with van der Waals surface area (Å²) in [6.45, 7) is 0.817. The van der Waals surface area contributed by atoms with E-state index in [0.717, 1.165) is 11.3 Å². The number of hydrogen-bond donors (Lipinski definition) is 1. The van der Waals surface area contributed by atoms with E-state index in [0.29, 0.717) is 35.6 Å². The molecule has 0 spiro atoms. The second-order valence-corrected chi connectivity index (χ2v) is 6.30. The minimum Gasteiger partial charge on any atom is -0.348 e. The molecule has 2 aliphatic heterocycles. The average Bonchev–Trinajstić information content (AvgIpc) is 2.94. The Labute approximate surface area is 155 Å². The SMILES string of the molecule is O=C(CN1C(=O)c2ccccc2C1=O)Nc1ccccc1C1OCCCO1. The normalized spacial score (nSPS) is 17.1. The van der Waals surface area contributed by atoms with Crippen molar-refractivity contribution in [3.8, 4) is 0 Å². The molecular formula is C20H18N2O5. The Morgan fingerprint density at radius 2 is 1.56 bits per heavy atom. The van der Waals surface area contributed by atoms with E-state index in [2.05, 4.69) is 5.32 Å². The first-order valence-electron chi connectivity index (χ1n) is 8.72. The zero-order chi connectivity index (χ0) is 18.8. The molecule has 0 atom stereocenters. The Morgan fingerprint density at radius 1 is 0.963 bits per heavy atom. The fourth-order valence-corrected chi connectivity index (χ4v) is 3.20. The number of carbonyl (C=O) groups excluding carboxylic acids is 3. The minimum atomic E-state index is -0.547. The average molecular weight is 366 g/mol. The molecule has 3 amide bonds. The fourth-order valence-electron chi connectivity index (χ4n) is 3.20. The van der Waals surface area contributed by atoms with Crippen LogP contribution in [0.1, 0.15) is 39.0 Å². The summed E-state index contributed by atoms with van der Waals surface area (Å²) in [5.41, 5.74) is 1.87. The first-order chi connectivity index (χ1) is 13.1.